The zero-order chi connectivity index (χ0) is 16.0. The van der Waals surface area contributed by atoms with Crippen molar-refractivity contribution in [2.24, 2.45) is 0 Å². The molecule has 1 aliphatic heterocycles. The highest BCUT2D eigenvalue weighted by Gasteiger charge is 2.32. The van der Waals surface area contributed by atoms with Crippen LogP contribution in [0.5, 0.6) is 0 Å². The van der Waals surface area contributed by atoms with Gasteiger partial charge in [0.15, 0.2) is 0 Å². The first kappa shape index (κ1) is 14.3. The maximum absolute atomic E-state index is 13.1. The summed E-state index contributed by atoms with van der Waals surface area (Å²) in [5.41, 5.74) is 9.71. The van der Waals surface area contributed by atoms with Crippen LogP contribution in [0.3, 0.4) is 0 Å². The molecule has 0 fully saturated rings. The van der Waals surface area contributed by atoms with E-state index in [0.29, 0.717) is 25.1 Å². The molecule has 0 bridgehead atoms. The second kappa shape index (κ2) is 5.38. The van der Waals surface area contributed by atoms with Gasteiger partial charge in [-0.15, -0.1) is 5.10 Å². The molecule has 4 N–H and O–H groups in total. The fraction of sp³-hybridized carbons (Fsp3) is 0.412. The molecule has 1 aliphatic carbocycles. The van der Waals surface area contributed by atoms with Gasteiger partial charge in [-0.2, -0.15) is 0 Å². The Bertz CT molecular complexity index is 768. The highest BCUT2D eigenvalue weighted by molar-refractivity contribution is 5.89. The van der Waals surface area contributed by atoms with Crippen molar-refractivity contribution in [3.63, 3.8) is 0 Å². The van der Waals surface area contributed by atoms with Crippen molar-refractivity contribution in [3.05, 3.63) is 41.1 Å². The molecule has 0 radical (unpaired) electrons. The van der Waals surface area contributed by atoms with Gasteiger partial charge in [0, 0.05) is 24.2 Å². The summed E-state index contributed by atoms with van der Waals surface area (Å²) in [6, 6.07) is 7.91. The third-order valence-corrected chi connectivity index (χ3v) is 4.87. The lowest BCUT2D eigenvalue weighted by Crippen LogP contribution is -2.30. The second-order valence-corrected chi connectivity index (χ2v) is 6.31. The van der Waals surface area contributed by atoms with Crippen LogP contribution in [0.25, 0.3) is 0 Å². The van der Waals surface area contributed by atoms with Gasteiger partial charge in [0.05, 0.1) is 17.7 Å². The summed E-state index contributed by atoms with van der Waals surface area (Å²) < 4.78 is 1.49. The van der Waals surface area contributed by atoms with Crippen LogP contribution in [0.4, 0.5) is 11.5 Å². The lowest BCUT2D eigenvalue weighted by atomic mass is 9.89. The molecule has 2 heterocycles. The number of benzene rings is 1. The third-order valence-electron chi connectivity index (χ3n) is 4.87. The predicted octanol–water partition coefficient (Wildman–Crippen LogP) is 1.55. The molecule has 6 nitrogen and oxygen atoms in total. The van der Waals surface area contributed by atoms with Gasteiger partial charge in [0.1, 0.15) is 5.82 Å². The van der Waals surface area contributed by atoms with E-state index in [1.807, 2.05) is 24.3 Å². The summed E-state index contributed by atoms with van der Waals surface area (Å²) in [5, 5.41) is 17.4. The molecule has 6 heteroatoms. The van der Waals surface area contributed by atoms with Crippen molar-refractivity contribution < 1.29 is 9.90 Å². The van der Waals surface area contributed by atoms with Crippen LogP contribution in [0.2, 0.25) is 0 Å². The maximum Gasteiger partial charge on any atom is 0.254 e. The van der Waals surface area contributed by atoms with E-state index in [2.05, 4.69) is 10.4 Å². The largest absolute Gasteiger partial charge is 0.393 e. The van der Waals surface area contributed by atoms with Crippen LogP contribution < -0.4 is 11.1 Å². The van der Waals surface area contributed by atoms with Gasteiger partial charge in [-0.25, -0.2) is 4.68 Å². The number of aliphatic hydroxyl groups is 1. The van der Waals surface area contributed by atoms with Crippen LogP contribution in [-0.2, 0) is 12.8 Å². The molecule has 0 amide bonds. The lowest BCUT2D eigenvalue weighted by molar-refractivity contribution is 0.0848. The van der Waals surface area contributed by atoms with E-state index >= 15 is 0 Å². The highest BCUT2D eigenvalue weighted by atomic mass is 16.3. The quantitative estimate of drug-likeness (QED) is 0.743. The van der Waals surface area contributed by atoms with E-state index in [9.17, 15) is 9.90 Å². The van der Waals surface area contributed by atoms with Crippen molar-refractivity contribution in [2.45, 2.75) is 37.7 Å². The number of nitrogens with one attached hydrogen (secondary N) is 1. The van der Waals surface area contributed by atoms with Gasteiger partial charge in [0.25, 0.3) is 5.91 Å². The van der Waals surface area contributed by atoms with Crippen molar-refractivity contribution in [1.29, 1.82) is 0 Å². The standard InChI is InChI=1S/C17H20N4O2/c18-16-13-9-10(22)5-6-15(13)21(20-16)17(23)12-7-8-19-14-4-2-1-3-11(12)14/h1-4,10,12,19,22H,5-9H2,(H2,18,20)/t10-,12-/m1/s1. The molecular formula is C17H20N4O2. The first-order valence-electron chi connectivity index (χ1n) is 8.06. The summed E-state index contributed by atoms with van der Waals surface area (Å²) in [6.45, 7) is 0.769. The number of carbonyl (C=O) groups excluding carboxylic acids is 1. The van der Waals surface area contributed by atoms with Gasteiger partial charge in [0.2, 0.25) is 0 Å². The van der Waals surface area contributed by atoms with Crippen molar-refractivity contribution in [3.8, 4) is 0 Å². The Morgan fingerprint density at radius 1 is 1.35 bits per heavy atom. The summed E-state index contributed by atoms with van der Waals surface area (Å²) in [6.07, 6.45) is 2.12. The smallest absolute Gasteiger partial charge is 0.254 e. The maximum atomic E-state index is 13.1. The Morgan fingerprint density at radius 3 is 3.04 bits per heavy atom. The fourth-order valence-corrected chi connectivity index (χ4v) is 3.68. The van der Waals surface area contributed by atoms with E-state index < -0.39 is 6.10 Å². The number of anilines is 2. The summed E-state index contributed by atoms with van der Waals surface area (Å²) in [5.74, 6) is 0.139. The Hall–Kier alpha value is -2.34. The van der Waals surface area contributed by atoms with Crippen LogP contribution >= 0.6 is 0 Å². The van der Waals surface area contributed by atoms with Crippen molar-refractivity contribution in [1.82, 2.24) is 9.78 Å². The van der Waals surface area contributed by atoms with Crippen LogP contribution in [0.15, 0.2) is 24.3 Å². The van der Waals surface area contributed by atoms with Crippen LogP contribution in [0, 0.1) is 0 Å². The molecule has 2 aliphatic rings. The SMILES string of the molecule is Nc1nn(C(=O)[C@@H]2CCNc3ccccc32)c2c1C[C@H](O)CC2. The van der Waals surface area contributed by atoms with E-state index in [-0.39, 0.29) is 11.8 Å². The summed E-state index contributed by atoms with van der Waals surface area (Å²) in [7, 11) is 0. The average molecular weight is 312 g/mol. The lowest BCUT2D eigenvalue weighted by Gasteiger charge is -2.26. The van der Waals surface area contributed by atoms with E-state index in [1.165, 1.54) is 4.68 Å². The van der Waals surface area contributed by atoms with Crippen molar-refractivity contribution >= 4 is 17.4 Å². The molecule has 0 saturated carbocycles. The number of hydrogen-bond acceptors (Lipinski definition) is 5. The number of hydrogen-bond donors (Lipinski definition) is 3. The number of nitrogens with two attached hydrogens (primary N) is 1. The topological polar surface area (TPSA) is 93.2 Å². The molecule has 0 spiro atoms. The van der Waals surface area contributed by atoms with Gasteiger partial charge >= 0.3 is 0 Å². The summed E-state index contributed by atoms with van der Waals surface area (Å²) >= 11 is 0. The Kier molecular flexibility index (Phi) is 3.34. The first-order chi connectivity index (χ1) is 11.1. The van der Waals surface area contributed by atoms with Gasteiger partial charge < -0.3 is 16.2 Å². The molecule has 2 aromatic rings. The van der Waals surface area contributed by atoms with Crippen LogP contribution in [0.1, 0.15) is 40.4 Å². The highest BCUT2D eigenvalue weighted by Crippen LogP contribution is 2.34. The number of rotatable bonds is 1. The number of carbonyl (C=O) groups is 1. The zero-order valence-electron chi connectivity index (χ0n) is 12.8. The molecule has 1 aromatic carbocycles. The average Bonchev–Trinajstić information content (AvgIpc) is 2.90. The molecule has 0 unspecified atom stereocenters. The minimum atomic E-state index is -0.392. The van der Waals surface area contributed by atoms with Gasteiger partial charge in [-0.05, 0) is 30.9 Å². The minimum Gasteiger partial charge on any atom is -0.393 e. The predicted molar refractivity (Wildman–Crippen MR) is 87.6 cm³/mol. The molecule has 1 aromatic heterocycles. The number of aromatic nitrogens is 2. The first-order valence-corrected chi connectivity index (χ1v) is 8.06. The number of aliphatic hydroxyl groups excluding tert-OH is 1. The van der Waals surface area contributed by atoms with E-state index in [0.717, 1.165) is 35.5 Å². The normalized spacial score (nSPS) is 22.8. The van der Waals surface area contributed by atoms with Gasteiger partial charge in [-0.1, -0.05) is 18.2 Å². The Balaban J connectivity index is 1.73. The Labute approximate surface area is 134 Å². The second-order valence-electron chi connectivity index (χ2n) is 6.31. The van der Waals surface area contributed by atoms with Crippen LogP contribution in [-0.4, -0.2) is 33.4 Å². The van der Waals surface area contributed by atoms with Crippen molar-refractivity contribution in [2.75, 3.05) is 17.6 Å². The molecular weight excluding hydrogens is 292 g/mol. The van der Waals surface area contributed by atoms with Gasteiger partial charge in [-0.3, -0.25) is 4.79 Å². The fourth-order valence-electron chi connectivity index (χ4n) is 3.68. The van der Waals surface area contributed by atoms with E-state index in [4.69, 9.17) is 5.73 Å². The molecule has 4 rings (SSSR count). The Morgan fingerprint density at radius 2 is 2.17 bits per heavy atom. The summed E-state index contributed by atoms with van der Waals surface area (Å²) in [4.78, 5) is 13.1. The van der Waals surface area contributed by atoms with E-state index in [1.54, 1.807) is 0 Å². The number of fused-ring (bicyclic) bond motifs is 2. The minimum absolute atomic E-state index is 0.0247. The number of nitrogens with zero attached hydrogens (tertiary/aromatic N) is 2. The molecule has 120 valence electrons. The number of nitrogen functional groups attached to an aromatic ring is 1. The third kappa shape index (κ3) is 2.30. The molecule has 23 heavy (non-hydrogen) atoms. The molecule has 0 saturated heterocycles. The molecule has 2 atom stereocenters. The monoisotopic (exact) mass is 312 g/mol. The zero-order valence-corrected chi connectivity index (χ0v) is 12.8. The number of para-hydroxylation sites is 1.